The molecule has 0 radical (unpaired) electrons. The molecule has 25 heavy (non-hydrogen) atoms. The molecule has 3 N–H and O–H groups in total. The van der Waals surface area contributed by atoms with Crippen molar-refractivity contribution in [1.29, 1.82) is 0 Å². The van der Waals surface area contributed by atoms with Gasteiger partial charge >= 0.3 is 0 Å². The third-order valence-electron chi connectivity index (χ3n) is 3.34. The van der Waals surface area contributed by atoms with Crippen molar-refractivity contribution in [3.63, 3.8) is 0 Å². The minimum absolute atomic E-state index is 0.0636. The number of aromatic amines is 1. The highest BCUT2D eigenvalue weighted by molar-refractivity contribution is 7.92. The van der Waals surface area contributed by atoms with E-state index < -0.39 is 15.9 Å². The Morgan fingerprint density at radius 1 is 0.960 bits per heavy atom. The van der Waals surface area contributed by atoms with Crippen LogP contribution in [0.1, 0.15) is 16.1 Å². The Balaban J connectivity index is 1.73. The van der Waals surface area contributed by atoms with E-state index in [9.17, 15) is 13.2 Å². The summed E-state index contributed by atoms with van der Waals surface area (Å²) in [5, 5.41) is 12.4. The number of amides is 1. The quantitative estimate of drug-likeness (QED) is 0.618. The zero-order chi connectivity index (χ0) is 17.7. The molecule has 1 amide bonds. The predicted octanol–water partition coefficient (Wildman–Crippen LogP) is 1.54. The number of aromatic nitrogens is 3. The zero-order valence-electron chi connectivity index (χ0n) is 13.0. The number of carbonyl (C=O) groups excluding carboxylic acids is 1. The summed E-state index contributed by atoms with van der Waals surface area (Å²) in [4.78, 5) is 12.3. The molecule has 0 spiro atoms. The number of carbonyl (C=O) groups is 1. The van der Waals surface area contributed by atoms with E-state index in [1.807, 2.05) is 30.3 Å². The van der Waals surface area contributed by atoms with Crippen LogP contribution in [-0.2, 0) is 16.6 Å². The van der Waals surface area contributed by atoms with E-state index in [0.29, 0.717) is 0 Å². The Kier molecular flexibility index (Phi) is 4.75. The molecule has 0 saturated heterocycles. The zero-order valence-corrected chi connectivity index (χ0v) is 13.8. The van der Waals surface area contributed by atoms with Gasteiger partial charge in [0, 0.05) is 6.54 Å². The number of hydrogen-bond acceptors (Lipinski definition) is 5. The fourth-order valence-electron chi connectivity index (χ4n) is 2.11. The summed E-state index contributed by atoms with van der Waals surface area (Å²) in [5.41, 5.74) is 0.779. The number of sulfonamides is 1. The molecule has 0 bridgehead atoms. The van der Waals surface area contributed by atoms with Crippen LogP contribution in [0.25, 0.3) is 0 Å². The maximum absolute atomic E-state index is 12.3. The summed E-state index contributed by atoms with van der Waals surface area (Å²) in [6.07, 6.45) is 0. The number of nitrogens with one attached hydrogen (secondary N) is 3. The Morgan fingerprint density at radius 3 is 2.28 bits per heavy atom. The van der Waals surface area contributed by atoms with Crippen LogP contribution >= 0.6 is 0 Å². The van der Waals surface area contributed by atoms with Crippen molar-refractivity contribution in [2.45, 2.75) is 11.4 Å². The highest BCUT2D eigenvalue weighted by Crippen LogP contribution is 2.16. The maximum atomic E-state index is 12.3. The second kappa shape index (κ2) is 7.14. The molecule has 0 aliphatic heterocycles. The third kappa shape index (κ3) is 4.01. The standard InChI is InChI=1S/C16H15N5O3S/c22-16(17-11-12-7-3-1-4-8-12)14-15(19-21-18-14)20-25(23,24)13-9-5-2-6-10-13/h1-10H,11H2,(H,17,22)(H2,18,19,20,21). The van der Waals surface area contributed by atoms with Crippen LogP contribution in [-0.4, -0.2) is 29.7 Å². The van der Waals surface area contributed by atoms with Crippen LogP contribution in [0.3, 0.4) is 0 Å². The molecule has 0 unspecified atom stereocenters. The Morgan fingerprint density at radius 2 is 1.60 bits per heavy atom. The van der Waals surface area contributed by atoms with E-state index in [1.165, 1.54) is 12.1 Å². The van der Waals surface area contributed by atoms with E-state index in [4.69, 9.17) is 0 Å². The van der Waals surface area contributed by atoms with Crippen LogP contribution < -0.4 is 10.0 Å². The van der Waals surface area contributed by atoms with Gasteiger partial charge in [0.2, 0.25) is 0 Å². The lowest BCUT2D eigenvalue weighted by atomic mass is 10.2. The van der Waals surface area contributed by atoms with Crippen molar-refractivity contribution in [1.82, 2.24) is 20.7 Å². The number of rotatable bonds is 6. The second-order valence-corrected chi connectivity index (χ2v) is 6.79. The van der Waals surface area contributed by atoms with Crippen molar-refractivity contribution in [3.8, 4) is 0 Å². The topological polar surface area (TPSA) is 117 Å². The fraction of sp³-hybridized carbons (Fsp3) is 0.0625. The first-order valence-electron chi connectivity index (χ1n) is 7.37. The molecule has 3 rings (SSSR count). The molecule has 128 valence electrons. The molecule has 3 aromatic rings. The predicted molar refractivity (Wildman–Crippen MR) is 91.2 cm³/mol. The third-order valence-corrected chi connectivity index (χ3v) is 4.70. The summed E-state index contributed by atoms with van der Waals surface area (Å²) >= 11 is 0. The first-order chi connectivity index (χ1) is 12.1. The van der Waals surface area contributed by atoms with Gasteiger partial charge < -0.3 is 5.32 Å². The lowest BCUT2D eigenvalue weighted by Crippen LogP contribution is -2.25. The molecule has 0 aliphatic carbocycles. The van der Waals surface area contributed by atoms with Crippen LogP contribution in [0, 0.1) is 0 Å². The van der Waals surface area contributed by atoms with Gasteiger partial charge in [0.25, 0.3) is 15.9 Å². The van der Waals surface area contributed by atoms with Crippen molar-refractivity contribution in [2.24, 2.45) is 0 Å². The average molecular weight is 357 g/mol. The van der Waals surface area contributed by atoms with E-state index in [-0.39, 0.29) is 23.0 Å². The van der Waals surface area contributed by atoms with Crippen LogP contribution in [0.2, 0.25) is 0 Å². The molecule has 1 aromatic heterocycles. The number of benzene rings is 2. The van der Waals surface area contributed by atoms with Gasteiger partial charge in [-0.05, 0) is 17.7 Å². The van der Waals surface area contributed by atoms with Crippen molar-refractivity contribution >= 4 is 21.7 Å². The Labute approximate surface area is 144 Å². The Bertz CT molecular complexity index is 956. The normalized spacial score (nSPS) is 11.0. The van der Waals surface area contributed by atoms with Crippen molar-refractivity contribution in [2.75, 3.05) is 4.72 Å². The molecule has 0 saturated carbocycles. The number of nitrogens with zero attached hydrogens (tertiary/aromatic N) is 2. The number of anilines is 1. The molecule has 1 heterocycles. The Hall–Kier alpha value is -3.20. The number of H-pyrrole nitrogens is 1. The van der Waals surface area contributed by atoms with Crippen LogP contribution in [0.5, 0.6) is 0 Å². The van der Waals surface area contributed by atoms with Gasteiger partial charge in [-0.1, -0.05) is 48.5 Å². The largest absolute Gasteiger partial charge is 0.346 e. The molecule has 0 fully saturated rings. The van der Waals surface area contributed by atoms with E-state index in [2.05, 4.69) is 25.4 Å². The van der Waals surface area contributed by atoms with Gasteiger partial charge in [0.05, 0.1) is 4.90 Å². The second-order valence-electron chi connectivity index (χ2n) is 5.11. The molecule has 2 aromatic carbocycles. The van der Waals surface area contributed by atoms with Gasteiger partial charge in [-0.2, -0.15) is 5.21 Å². The fourth-order valence-corrected chi connectivity index (χ4v) is 3.14. The lowest BCUT2D eigenvalue weighted by molar-refractivity contribution is 0.0947. The van der Waals surface area contributed by atoms with E-state index in [1.54, 1.807) is 18.2 Å². The van der Waals surface area contributed by atoms with Crippen LogP contribution in [0.4, 0.5) is 5.82 Å². The first kappa shape index (κ1) is 16.7. The van der Waals surface area contributed by atoms with Gasteiger partial charge in [-0.15, -0.1) is 10.2 Å². The smallest absolute Gasteiger partial charge is 0.276 e. The number of hydrogen-bond donors (Lipinski definition) is 3. The van der Waals surface area contributed by atoms with E-state index >= 15 is 0 Å². The SMILES string of the molecule is O=C(NCc1ccccc1)c1n[nH]nc1NS(=O)(=O)c1ccccc1. The summed E-state index contributed by atoms with van der Waals surface area (Å²) in [6.45, 7) is 0.289. The summed E-state index contributed by atoms with van der Waals surface area (Å²) < 4.78 is 26.9. The monoisotopic (exact) mass is 357 g/mol. The molecular weight excluding hydrogens is 342 g/mol. The summed E-state index contributed by atoms with van der Waals surface area (Å²) in [6, 6.07) is 17.1. The lowest BCUT2D eigenvalue weighted by Gasteiger charge is -2.07. The molecular formula is C16H15N5O3S. The first-order valence-corrected chi connectivity index (χ1v) is 8.85. The van der Waals surface area contributed by atoms with Crippen molar-refractivity contribution < 1.29 is 13.2 Å². The maximum Gasteiger partial charge on any atom is 0.276 e. The highest BCUT2D eigenvalue weighted by atomic mass is 32.2. The van der Waals surface area contributed by atoms with Gasteiger partial charge in [0.1, 0.15) is 0 Å². The molecule has 0 aliphatic rings. The molecule has 9 heteroatoms. The summed E-state index contributed by atoms with van der Waals surface area (Å²) in [5.74, 6) is -0.697. The minimum Gasteiger partial charge on any atom is -0.346 e. The van der Waals surface area contributed by atoms with Gasteiger partial charge in [-0.3, -0.25) is 9.52 Å². The van der Waals surface area contributed by atoms with Crippen molar-refractivity contribution in [3.05, 3.63) is 71.9 Å². The molecule has 8 nitrogen and oxygen atoms in total. The van der Waals surface area contributed by atoms with Gasteiger partial charge in [-0.25, -0.2) is 8.42 Å². The highest BCUT2D eigenvalue weighted by Gasteiger charge is 2.22. The summed E-state index contributed by atoms with van der Waals surface area (Å²) in [7, 11) is -3.86. The van der Waals surface area contributed by atoms with E-state index in [0.717, 1.165) is 5.56 Å². The molecule has 0 atom stereocenters. The van der Waals surface area contributed by atoms with Crippen LogP contribution in [0.15, 0.2) is 65.6 Å². The average Bonchev–Trinajstić information content (AvgIpc) is 3.09. The minimum atomic E-state index is -3.86. The van der Waals surface area contributed by atoms with Gasteiger partial charge in [0.15, 0.2) is 11.5 Å².